The average molecular weight is 417 g/mol. The molecule has 8 heteroatoms. The van der Waals surface area contributed by atoms with Gasteiger partial charge in [0.1, 0.15) is 11.6 Å². The summed E-state index contributed by atoms with van der Waals surface area (Å²) in [5.41, 5.74) is 1.58. The molecule has 6 nitrogen and oxygen atoms in total. The second-order valence-electron chi connectivity index (χ2n) is 6.72. The summed E-state index contributed by atoms with van der Waals surface area (Å²) in [6.07, 6.45) is 1.01. The first-order valence-corrected chi connectivity index (χ1v) is 10.6. The van der Waals surface area contributed by atoms with Crippen molar-refractivity contribution in [2.24, 2.45) is 0 Å². The van der Waals surface area contributed by atoms with Crippen LogP contribution in [0.3, 0.4) is 0 Å². The molecular weight excluding hydrogens is 397 g/mol. The Labute approximate surface area is 167 Å². The molecule has 0 aliphatic heterocycles. The van der Waals surface area contributed by atoms with Gasteiger partial charge in [-0.25, -0.2) is 17.8 Å². The Morgan fingerprint density at radius 1 is 1.21 bits per heavy atom. The van der Waals surface area contributed by atoms with E-state index in [9.17, 15) is 22.7 Å². The number of carboxylic acid groups (broad SMARTS) is 1. The number of halogens is 1. The van der Waals surface area contributed by atoms with Crippen LogP contribution in [-0.2, 0) is 21.1 Å². The average Bonchev–Trinajstić information content (AvgIpc) is 2.66. The highest BCUT2D eigenvalue weighted by Gasteiger charge is 2.18. The third kappa shape index (κ3) is 4.22. The van der Waals surface area contributed by atoms with Crippen LogP contribution in [0.1, 0.15) is 23.6 Å². The van der Waals surface area contributed by atoms with Crippen molar-refractivity contribution < 1.29 is 27.4 Å². The topological polar surface area (TPSA) is 93.6 Å². The highest BCUT2D eigenvalue weighted by molar-refractivity contribution is 7.91. The first-order valence-electron chi connectivity index (χ1n) is 8.93. The van der Waals surface area contributed by atoms with Crippen LogP contribution in [0, 0.1) is 19.7 Å². The van der Waals surface area contributed by atoms with E-state index in [0.29, 0.717) is 33.2 Å². The molecule has 3 rings (SSSR count). The van der Waals surface area contributed by atoms with E-state index in [1.807, 2.05) is 0 Å². The number of rotatable bonds is 6. The summed E-state index contributed by atoms with van der Waals surface area (Å²) < 4.78 is 44.0. The number of hydrogen-bond donors (Lipinski definition) is 1. The molecule has 0 saturated carbocycles. The molecular formula is C21H20FNO5S. The SMILES string of the molecule is CCS(=O)(=O)c1cnc(Oc2c(C)c(CC(=O)O)cc3ccc(F)cc23)c(C)c1. The van der Waals surface area contributed by atoms with Gasteiger partial charge in [0, 0.05) is 17.1 Å². The lowest BCUT2D eigenvalue weighted by molar-refractivity contribution is -0.136. The molecule has 0 atom stereocenters. The minimum absolute atomic E-state index is 0.0470. The molecule has 0 saturated heterocycles. The highest BCUT2D eigenvalue weighted by atomic mass is 32.2. The molecule has 2 aromatic carbocycles. The van der Waals surface area contributed by atoms with Gasteiger partial charge in [0.25, 0.3) is 0 Å². The zero-order chi connectivity index (χ0) is 21.3. The Balaban J connectivity index is 2.15. The van der Waals surface area contributed by atoms with Crippen LogP contribution < -0.4 is 4.74 Å². The fourth-order valence-electron chi connectivity index (χ4n) is 3.05. The van der Waals surface area contributed by atoms with Crippen molar-refractivity contribution in [2.75, 3.05) is 5.75 Å². The van der Waals surface area contributed by atoms with Crippen molar-refractivity contribution in [2.45, 2.75) is 32.1 Å². The van der Waals surface area contributed by atoms with Gasteiger partial charge < -0.3 is 9.84 Å². The lowest BCUT2D eigenvalue weighted by atomic mass is 9.98. The molecule has 0 bridgehead atoms. The molecule has 0 spiro atoms. The normalized spacial score (nSPS) is 11.6. The van der Waals surface area contributed by atoms with E-state index in [-0.39, 0.29) is 22.9 Å². The Morgan fingerprint density at radius 2 is 1.93 bits per heavy atom. The van der Waals surface area contributed by atoms with Gasteiger partial charge in [-0.15, -0.1) is 0 Å². The molecule has 0 aliphatic carbocycles. The Kier molecular flexibility index (Phi) is 5.57. The van der Waals surface area contributed by atoms with E-state index in [1.54, 1.807) is 32.9 Å². The van der Waals surface area contributed by atoms with Crippen molar-refractivity contribution in [3.05, 3.63) is 59.0 Å². The zero-order valence-electron chi connectivity index (χ0n) is 16.2. The molecule has 1 aromatic heterocycles. The maximum atomic E-state index is 13.9. The number of carbonyl (C=O) groups is 1. The van der Waals surface area contributed by atoms with Gasteiger partial charge in [-0.05, 0) is 48.6 Å². The van der Waals surface area contributed by atoms with E-state index < -0.39 is 21.6 Å². The predicted octanol–water partition coefficient (Wildman–Crippen LogP) is 4.20. The van der Waals surface area contributed by atoms with E-state index >= 15 is 0 Å². The molecule has 0 fully saturated rings. The van der Waals surface area contributed by atoms with Crippen molar-refractivity contribution in [3.63, 3.8) is 0 Å². The van der Waals surface area contributed by atoms with Crippen LogP contribution in [0.25, 0.3) is 10.8 Å². The smallest absolute Gasteiger partial charge is 0.307 e. The fraction of sp³-hybridized carbons (Fsp3) is 0.238. The molecule has 1 heterocycles. The van der Waals surface area contributed by atoms with Gasteiger partial charge in [0.2, 0.25) is 5.88 Å². The summed E-state index contributed by atoms with van der Waals surface area (Å²) in [4.78, 5) is 15.5. The molecule has 0 unspecified atom stereocenters. The second-order valence-corrected chi connectivity index (χ2v) is 9.00. The maximum absolute atomic E-state index is 13.9. The summed E-state index contributed by atoms with van der Waals surface area (Å²) >= 11 is 0. The Bertz CT molecular complexity index is 1220. The lowest BCUT2D eigenvalue weighted by Crippen LogP contribution is -2.06. The predicted molar refractivity (Wildman–Crippen MR) is 107 cm³/mol. The maximum Gasteiger partial charge on any atom is 0.307 e. The third-order valence-corrected chi connectivity index (χ3v) is 6.40. The van der Waals surface area contributed by atoms with Crippen LogP contribution in [0.5, 0.6) is 11.6 Å². The van der Waals surface area contributed by atoms with Crippen molar-refractivity contribution in [3.8, 4) is 11.6 Å². The van der Waals surface area contributed by atoms with Gasteiger partial charge >= 0.3 is 5.97 Å². The second kappa shape index (κ2) is 7.79. The van der Waals surface area contributed by atoms with Gasteiger partial charge in [-0.2, -0.15) is 0 Å². The molecule has 1 N–H and O–H groups in total. The molecule has 3 aromatic rings. The van der Waals surface area contributed by atoms with Crippen LogP contribution in [0.4, 0.5) is 4.39 Å². The number of carboxylic acids is 1. The molecule has 152 valence electrons. The number of aryl methyl sites for hydroxylation is 1. The van der Waals surface area contributed by atoms with E-state index in [1.165, 1.54) is 24.4 Å². The minimum atomic E-state index is -3.41. The summed E-state index contributed by atoms with van der Waals surface area (Å²) in [5.74, 6) is -1.04. The van der Waals surface area contributed by atoms with Crippen LogP contribution in [0.15, 0.2) is 41.4 Å². The minimum Gasteiger partial charge on any atom is -0.481 e. The van der Waals surface area contributed by atoms with Crippen LogP contribution in [0.2, 0.25) is 0 Å². The summed E-state index contributed by atoms with van der Waals surface area (Å²) in [6, 6.07) is 7.33. The number of hydrogen-bond acceptors (Lipinski definition) is 5. The third-order valence-electron chi connectivity index (χ3n) is 4.70. The fourth-order valence-corrected chi connectivity index (χ4v) is 3.95. The van der Waals surface area contributed by atoms with E-state index in [2.05, 4.69) is 4.98 Å². The molecule has 29 heavy (non-hydrogen) atoms. The summed E-state index contributed by atoms with van der Waals surface area (Å²) in [7, 11) is -3.41. The number of fused-ring (bicyclic) bond motifs is 1. The summed E-state index contributed by atoms with van der Waals surface area (Å²) in [6.45, 7) is 4.91. The number of pyridine rings is 1. The van der Waals surface area contributed by atoms with Crippen molar-refractivity contribution in [1.82, 2.24) is 4.98 Å². The lowest BCUT2D eigenvalue weighted by Gasteiger charge is -2.16. The summed E-state index contributed by atoms with van der Waals surface area (Å²) in [5, 5.41) is 10.3. The Morgan fingerprint density at radius 3 is 2.55 bits per heavy atom. The Hall–Kier alpha value is -3.00. The van der Waals surface area contributed by atoms with Gasteiger partial charge in [-0.3, -0.25) is 4.79 Å². The number of benzene rings is 2. The van der Waals surface area contributed by atoms with Crippen LogP contribution in [-0.4, -0.2) is 30.2 Å². The number of ether oxygens (including phenoxy) is 1. The highest BCUT2D eigenvalue weighted by Crippen LogP contribution is 2.37. The number of aromatic nitrogens is 1. The van der Waals surface area contributed by atoms with E-state index in [4.69, 9.17) is 4.74 Å². The van der Waals surface area contributed by atoms with Gasteiger partial charge in [-0.1, -0.05) is 19.1 Å². The van der Waals surface area contributed by atoms with Crippen molar-refractivity contribution in [1.29, 1.82) is 0 Å². The molecule has 0 radical (unpaired) electrons. The van der Waals surface area contributed by atoms with E-state index in [0.717, 1.165) is 0 Å². The number of nitrogens with zero attached hydrogens (tertiary/aromatic N) is 1. The molecule has 0 aliphatic rings. The van der Waals surface area contributed by atoms with Crippen molar-refractivity contribution >= 4 is 26.6 Å². The number of aliphatic carboxylic acids is 1. The van der Waals surface area contributed by atoms with Crippen LogP contribution >= 0.6 is 0 Å². The first-order chi connectivity index (χ1) is 13.6. The largest absolute Gasteiger partial charge is 0.481 e. The molecule has 0 amide bonds. The quantitative estimate of drug-likeness (QED) is 0.646. The monoisotopic (exact) mass is 417 g/mol. The van der Waals surface area contributed by atoms with Gasteiger partial charge in [0.05, 0.1) is 17.1 Å². The first kappa shape index (κ1) is 20.7. The van der Waals surface area contributed by atoms with Gasteiger partial charge in [0.15, 0.2) is 9.84 Å². The standard InChI is InChI=1S/C21H20FNO5S/c1-4-29(26,27)17-7-12(2)21(23-11-17)28-20-13(3)15(9-19(24)25)8-14-5-6-16(22)10-18(14)20/h5-8,10-11H,4,9H2,1-3H3,(H,24,25). The zero-order valence-corrected chi connectivity index (χ0v) is 17.0. The number of sulfone groups is 1.